The van der Waals surface area contributed by atoms with Crippen molar-refractivity contribution in [3.63, 3.8) is 0 Å². The highest BCUT2D eigenvalue weighted by molar-refractivity contribution is 7.51. The first-order chi connectivity index (χ1) is 26.1. The lowest BCUT2D eigenvalue weighted by Crippen LogP contribution is -2.16. The standard InChI is InChI=1S/C18H15NO5.C18H13NO5.2O2S/c2*1-10-2-3-11(9-20)6-12(10)17-19-14-8-16-15(22-4-5-23-16)7-13(14)18(21)24-17;2*1-3-2/h2-3,6-8,20H,4-5,9H2,1H3;2-3,6-9H,4-5H2,1H3;;. The van der Waals surface area contributed by atoms with Crippen LogP contribution in [-0.4, -0.2) is 64.6 Å². The van der Waals surface area contributed by atoms with Crippen molar-refractivity contribution in [1.29, 1.82) is 0 Å². The van der Waals surface area contributed by atoms with Gasteiger partial charge in [-0.05, 0) is 42.7 Å². The van der Waals surface area contributed by atoms with Gasteiger partial charge in [-0.1, -0.05) is 24.3 Å². The van der Waals surface area contributed by atoms with Gasteiger partial charge in [-0.25, -0.2) is 19.6 Å². The molecule has 0 amide bonds. The number of ether oxygens (including phenoxy) is 4. The van der Waals surface area contributed by atoms with Gasteiger partial charge < -0.3 is 32.9 Å². The third-order valence-corrected chi connectivity index (χ3v) is 7.93. The quantitative estimate of drug-likeness (QED) is 0.251. The lowest BCUT2D eigenvalue weighted by atomic mass is 10.1. The third-order valence-electron chi connectivity index (χ3n) is 7.93. The summed E-state index contributed by atoms with van der Waals surface area (Å²) >= 11 is -1.50. The van der Waals surface area contributed by atoms with Crippen LogP contribution < -0.4 is 30.2 Å². The summed E-state index contributed by atoms with van der Waals surface area (Å²) in [5.74, 6) is 2.54. The molecule has 54 heavy (non-hydrogen) atoms. The summed E-state index contributed by atoms with van der Waals surface area (Å²) in [5.41, 5.74) is 4.20. The number of hydrogen-bond acceptors (Lipinski definition) is 16. The van der Waals surface area contributed by atoms with Crippen LogP contribution in [0.5, 0.6) is 23.0 Å². The van der Waals surface area contributed by atoms with E-state index in [1.807, 2.05) is 26.0 Å². The number of nitrogens with zero attached hydrogens (tertiary/aromatic N) is 2. The Balaban J connectivity index is 0.000000182. The molecule has 2 aliphatic heterocycles. The summed E-state index contributed by atoms with van der Waals surface area (Å²) in [5, 5.41) is 9.99. The molecule has 18 heteroatoms. The van der Waals surface area contributed by atoms with Crippen LogP contribution in [0.15, 0.2) is 79.1 Å². The number of benzene rings is 4. The summed E-state index contributed by atoms with van der Waals surface area (Å²) in [7, 11) is 0. The van der Waals surface area contributed by atoms with E-state index in [1.54, 1.807) is 48.5 Å². The van der Waals surface area contributed by atoms with Crippen molar-refractivity contribution in [3.05, 3.63) is 104 Å². The first kappa shape index (κ1) is 38.9. The van der Waals surface area contributed by atoms with Gasteiger partial charge in [0.2, 0.25) is 11.8 Å². The van der Waals surface area contributed by atoms with E-state index in [0.29, 0.717) is 87.9 Å². The van der Waals surface area contributed by atoms with Crippen LogP contribution in [0.1, 0.15) is 27.0 Å². The fourth-order valence-electron chi connectivity index (χ4n) is 5.39. The van der Waals surface area contributed by atoms with Gasteiger partial charge in [0.15, 0.2) is 23.0 Å². The van der Waals surface area contributed by atoms with Crippen LogP contribution in [0.3, 0.4) is 0 Å². The first-order valence-electron chi connectivity index (χ1n) is 15.7. The van der Waals surface area contributed by atoms with E-state index in [4.69, 9.17) is 44.6 Å². The average Bonchev–Trinajstić information content (AvgIpc) is 3.18. The van der Waals surface area contributed by atoms with Crippen molar-refractivity contribution in [2.45, 2.75) is 20.5 Å². The number of rotatable bonds is 4. The molecule has 8 rings (SSSR count). The second kappa shape index (κ2) is 17.9. The van der Waals surface area contributed by atoms with Crippen LogP contribution in [0.2, 0.25) is 0 Å². The zero-order valence-corrected chi connectivity index (χ0v) is 30.0. The van der Waals surface area contributed by atoms with E-state index in [0.717, 1.165) is 23.0 Å². The Kier molecular flexibility index (Phi) is 12.9. The second-order valence-corrected chi connectivity index (χ2v) is 11.5. The minimum absolute atomic E-state index is 0.0935. The van der Waals surface area contributed by atoms with Crippen LogP contribution >= 0.6 is 0 Å². The summed E-state index contributed by atoms with van der Waals surface area (Å²) in [6.45, 7) is 5.46. The Bertz CT molecular complexity index is 2550. The Morgan fingerprint density at radius 1 is 0.630 bits per heavy atom. The molecule has 0 unspecified atom stereocenters. The highest BCUT2D eigenvalue weighted by Crippen LogP contribution is 2.35. The van der Waals surface area contributed by atoms with E-state index in [-0.39, 0.29) is 18.4 Å². The van der Waals surface area contributed by atoms with Crippen molar-refractivity contribution < 1.29 is 54.5 Å². The molecule has 0 radical (unpaired) electrons. The van der Waals surface area contributed by atoms with Crippen LogP contribution in [0, 0.1) is 13.8 Å². The molecule has 0 aliphatic carbocycles. The van der Waals surface area contributed by atoms with Crippen molar-refractivity contribution in [3.8, 4) is 45.9 Å². The molecule has 0 saturated carbocycles. The number of aldehydes is 1. The fraction of sp³-hybridized carbons (Fsp3) is 0.194. The number of fused-ring (bicyclic) bond motifs is 4. The third kappa shape index (κ3) is 8.80. The molecule has 278 valence electrons. The zero-order valence-electron chi connectivity index (χ0n) is 28.4. The summed E-state index contributed by atoms with van der Waals surface area (Å²) in [6.07, 6.45) is 0.740. The average molecular weight is 777 g/mol. The number of aromatic nitrogens is 2. The Morgan fingerprint density at radius 2 is 1.04 bits per heavy atom. The molecule has 6 aromatic rings. The number of hydrogen-bond donors (Lipinski definition) is 1. The maximum Gasteiger partial charge on any atom is 0.347 e. The van der Waals surface area contributed by atoms with Gasteiger partial charge in [-0.3, -0.25) is 4.79 Å². The van der Waals surface area contributed by atoms with Crippen molar-refractivity contribution in [2.24, 2.45) is 0 Å². The first-order valence-corrected chi connectivity index (χ1v) is 17.1. The van der Waals surface area contributed by atoms with Gasteiger partial charge in [-0.15, -0.1) is 0 Å². The molecule has 2 aliphatic rings. The summed E-state index contributed by atoms with van der Waals surface area (Å²) in [4.78, 5) is 44.6. The van der Waals surface area contributed by atoms with Crippen LogP contribution in [-0.2, 0) is 29.7 Å². The lowest BCUT2D eigenvalue weighted by molar-refractivity contribution is 0.112. The molecule has 1 N–H and O–H groups in total. The Labute approximate surface area is 311 Å². The molecule has 4 aromatic carbocycles. The predicted octanol–water partition coefficient (Wildman–Crippen LogP) is 3.83. The van der Waals surface area contributed by atoms with Gasteiger partial charge in [0.1, 0.15) is 32.7 Å². The zero-order chi connectivity index (χ0) is 38.8. The number of aliphatic hydroxyl groups excluding tert-OH is 1. The number of aryl methyl sites for hydroxylation is 2. The Morgan fingerprint density at radius 3 is 1.46 bits per heavy atom. The fourth-order valence-corrected chi connectivity index (χ4v) is 5.39. The van der Waals surface area contributed by atoms with Crippen LogP contribution in [0.25, 0.3) is 44.7 Å². The maximum absolute atomic E-state index is 12.4. The Hall–Kier alpha value is -6.37. The van der Waals surface area contributed by atoms with E-state index in [2.05, 4.69) is 9.97 Å². The van der Waals surface area contributed by atoms with E-state index >= 15 is 0 Å². The van der Waals surface area contributed by atoms with Gasteiger partial charge in [0.25, 0.3) is 0 Å². The van der Waals surface area contributed by atoms with E-state index in [1.165, 1.54) is 0 Å². The number of aliphatic hydroxyl groups is 1. The second-order valence-electron chi connectivity index (χ2n) is 11.3. The molecule has 0 saturated heterocycles. The summed E-state index contributed by atoms with van der Waals surface area (Å²) < 4.78 is 66.0. The largest absolute Gasteiger partial charge is 0.486 e. The number of carbonyl (C=O) groups excluding carboxylic acids is 1. The predicted molar refractivity (Wildman–Crippen MR) is 192 cm³/mol. The van der Waals surface area contributed by atoms with E-state index in [9.17, 15) is 19.5 Å². The molecule has 16 nitrogen and oxygen atoms in total. The molecule has 4 heterocycles. The maximum atomic E-state index is 12.4. The molecular formula is C36H28N2O14S2. The van der Waals surface area contributed by atoms with Gasteiger partial charge in [0.05, 0.1) is 28.4 Å². The minimum Gasteiger partial charge on any atom is -0.486 e. The smallest absolute Gasteiger partial charge is 0.347 e. The summed E-state index contributed by atoms with van der Waals surface area (Å²) in [6, 6.07) is 17.1. The topological polar surface area (TPSA) is 229 Å². The highest BCUT2D eigenvalue weighted by atomic mass is 32.1. The highest BCUT2D eigenvalue weighted by Gasteiger charge is 2.19. The van der Waals surface area contributed by atoms with Crippen molar-refractivity contribution in [1.82, 2.24) is 9.97 Å². The minimum atomic E-state index is -0.750. The normalized spacial score (nSPS) is 12.1. The molecule has 0 atom stereocenters. The molecular weight excluding hydrogens is 749 g/mol. The van der Waals surface area contributed by atoms with Gasteiger partial charge >= 0.3 is 34.4 Å². The SMILES string of the molecule is Cc1ccc(C=O)cc1-c1nc2cc3c(cc2c(=O)o1)OCCO3.Cc1ccc(CO)cc1-c1nc2cc3c(cc2c(=O)o1)OCCO3.O=S=O.O=S=O. The van der Waals surface area contributed by atoms with Crippen molar-refractivity contribution >= 4 is 51.2 Å². The number of carbonyl (C=O) groups is 1. The molecule has 0 bridgehead atoms. The lowest BCUT2D eigenvalue weighted by Gasteiger charge is -2.18. The molecule has 0 fully saturated rings. The molecule has 2 aromatic heterocycles. The van der Waals surface area contributed by atoms with Gasteiger partial charge in [0, 0.05) is 41.0 Å². The molecule has 0 spiro atoms. The van der Waals surface area contributed by atoms with Crippen molar-refractivity contribution in [2.75, 3.05) is 26.4 Å². The van der Waals surface area contributed by atoms with E-state index < -0.39 is 34.4 Å². The van der Waals surface area contributed by atoms with Gasteiger partial charge in [-0.2, -0.15) is 16.8 Å². The van der Waals surface area contributed by atoms with Crippen LogP contribution in [0.4, 0.5) is 0 Å². The monoisotopic (exact) mass is 776 g/mol.